The second-order valence-corrected chi connectivity index (χ2v) is 11.5. The smallest absolute Gasteiger partial charge is 0.164 e. The average Bonchev–Trinajstić information content (AvgIpc) is 3.45. The van der Waals surface area contributed by atoms with Crippen LogP contribution in [0, 0.1) is 0 Å². The molecule has 1 aliphatic heterocycles. The third-order valence-corrected chi connectivity index (χ3v) is 8.98. The summed E-state index contributed by atoms with van der Waals surface area (Å²) >= 11 is 1.82. The van der Waals surface area contributed by atoms with E-state index in [-0.39, 0.29) is 0 Å². The lowest BCUT2D eigenvalue weighted by atomic mass is 9.97. The SMILES string of the molecule is c1ccc(-c2nc(-c3ccccc3)nc(-c3cccc(-c4cc5c6c(c4)sc4ccc7cccc(c7c46)O5)c3)n2)cc1. The summed E-state index contributed by atoms with van der Waals surface area (Å²) in [5, 5.41) is 4.93. The number of nitrogens with zero attached hydrogens (tertiary/aromatic N) is 3. The van der Waals surface area contributed by atoms with E-state index in [0.29, 0.717) is 17.5 Å². The minimum Gasteiger partial charge on any atom is -0.456 e. The first-order chi connectivity index (χ1) is 20.8. The summed E-state index contributed by atoms with van der Waals surface area (Å²) in [5.41, 5.74) is 5.02. The minimum atomic E-state index is 0.640. The van der Waals surface area contributed by atoms with Gasteiger partial charge in [-0.05, 0) is 46.8 Å². The molecule has 8 aromatic rings. The fourth-order valence-electron chi connectivity index (χ4n) is 5.92. The van der Waals surface area contributed by atoms with Crippen molar-refractivity contribution in [3.8, 4) is 56.8 Å². The maximum absolute atomic E-state index is 6.52. The molecule has 0 N–H and O–H groups in total. The van der Waals surface area contributed by atoms with Crippen molar-refractivity contribution in [1.29, 1.82) is 0 Å². The Kier molecular flexibility index (Phi) is 5.03. The molecule has 0 radical (unpaired) electrons. The molecule has 0 spiro atoms. The lowest BCUT2D eigenvalue weighted by Crippen LogP contribution is -2.00. The van der Waals surface area contributed by atoms with Gasteiger partial charge in [0.05, 0.1) is 0 Å². The molecule has 0 fully saturated rings. The second kappa shape index (κ2) is 9.06. The molecule has 42 heavy (non-hydrogen) atoms. The van der Waals surface area contributed by atoms with E-state index in [0.717, 1.165) is 39.3 Å². The van der Waals surface area contributed by atoms with Crippen molar-refractivity contribution in [3.05, 3.63) is 127 Å². The highest BCUT2D eigenvalue weighted by Crippen LogP contribution is 2.51. The van der Waals surface area contributed by atoms with Crippen LogP contribution in [0.3, 0.4) is 0 Å². The van der Waals surface area contributed by atoms with Crippen molar-refractivity contribution >= 4 is 42.3 Å². The Morgan fingerprint density at radius 3 is 1.79 bits per heavy atom. The zero-order chi connectivity index (χ0) is 27.6. The summed E-state index contributed by atoms with van der Waals surface area (Å²) in [5.74, 6) is 3.77. The Balaban J connectivity index is 1.20. The van der Waals surface area contributed by atoms with Crippen LogP contribution < -0.4 is 4.74 Å². The van der Waals surface area contributed by atoms with Gasteiger partial charge in [0.1, 0.15) is 11.5 Å². The molecule has 0 saturated heterocycles. The van der Waals surface area contributed by atoms with Crippen molar-refractivity contribution in [1.82, 2.24) is 15.0 Å². The van der Waals surface area contributed by atoms with Crippen LogP contribution in [-0.2, 0) is 0 Å². The molecular weight excluding hydrogens is 534 g/mol. The fourth-order valence-corrected chi connectivity index (χ4v) is 7.09. The van der Waals surface area contributed by atoms with Crippen molar-refractivity contribution in [2.24, 2.45) is 0 Å². The van der Waals surface area contributed by atoms with E-state index in [9.17, 15) is 0 Å². The first-order valence-electron chi connectivity index (χ1n) is 13.9. The van der Waals surface area contributed by atoms with Crippen molar-refractivity contribution < 1.29 is 4.74 Å². The molecule has 9 rings (SSSR count). The third kappa shape index (κ3) is 3.64. The van der Waals surface area contributed by atoms with Gasteiger partial charge >= 0.3 is 0 Å². The zero-order valence-corrected chi connectivity index (χ0v) is 23.1. The standard InChI is InChI=1S/C37H21N3OS/c1-3-9-23(10-4-1)35-38-36(24-11-5-2-6-12-24)40-37(39-35)26-15-7-14-25(19-26)27-20-29-33-31(21-27)42-30-18-17-22-13-8-16-28(41-29)32(22)34(30)33/h1-21H. The molecule has 3 heterocycles. The summed E-state index contributed by atoms with van der Waals surface area (Å²) in [6.45, 7) is 0. The van der Waals surface area contributed by atoms with Crippen LogP contribution >= 0.6 is 11.3 Å². The largest absolute Gasteiger partial charge is 0.456 e. The summed E-state index contributed by atoms with van der Waals surface area (Å²) in [6.07, 6.45) is 0. The van der Waals surface area contributed by atoms with E-state index in [1.165, 1.54) is 30.9 Å². The van der Waals surface area contributed by atoms with E-state index in [4.69, 9.17) is 19.7 Å². The molecule has 2 aromatic heterocycles. The first-order valence-corrected chi connectivity index (χ1v) is 14.7. The number of thiophene rings is 1. The van der Waals surface area contributed by atoms with Gasteiger partial charge in [-0.1, -0.05) is 97.1 Å². The second-order valence-electron chi connectivity index (χ2n) is 10.5. The van der Waals surface area contributed by atoms with E-state index in [1.54, 1.807) is 0 Å². The predicted molar refractivity (Wildman–Crippen MR) is 172 cm³/mol. The van der Waals surface area contributed by atoms with Crippen LogP contribution in [-0.4, -0.2) is 15.0 Å². The molecule has 0 unspecified atom stereocenters. The molecule has 5 heteroatoms. The lowest BCUT2D eigenvalue weighted by molar-refractivity contribution is 0.493. The van der Waals surface area contributed by atoms with E-state index in [1.807, 2.05) is 72.0 Å². The fraction of sp³-hybridized carbons (Fsp3) is 0. The maximum atomic E-state index is 6.52. The van der Waals surface area contributed by atoms with Crippen LogP contribution in [0.1, 0.15) is 0 Å². The van der Waals surface area contributed by atoms with Gasteiger partial charge in [0, 0.05) is 42.2 Å². The Bertz CT molecular complexity index is 2270. The monoisotopic (exact) mass is 555 g/mol. The molecule has 6 aromatic carbocycles. The van der Waals surface area contributed by atoms with Crippen LogP contribution in [0.4, 0.5) is 0 Å². The van der Waals surface area contributed by atoms with E-state index >= 15 is 0 Å². The Labute approximate surface area is 245 Å². The maximum Gasteiger partial charge on any atom is 0.164 e. The van der Waals surface area contributed by atoms with Crippen LogP contribution in [0.15, 0.2) is 127 Å². The first kappa shape index (κ1) is 23.3. The van der Waals surface area contributed by atoms with Crippen LogP contribution in [0.5, 0.6) is 11.5 Å². The van der Waals surface area contributed by atoms with Gasteiger partial charge in [-0.3, -0.25) is 0 Å². The number of hydrogen-bond acceptors (Lipinski definition) is 5. The van der Waals surface area contributed by atoms with Crippen molar-refractivity contribution in [2.75, 3.05) is 0 Å². The molecule has 0 bridgehead atoms. The van der Waals surface area contributed by atoms with Gasteiger partial charge in [0.15, 0.2) is 17.5 Å². The predicted octanol–water partition coefficient (Wildman–Crippen LogP) is 10.2. The Morgan fingerprint density at radius 1 is 0.405 bits per heavy atom. The summed E-state index contributed by atoms with van der Waals surface area (Å²) in [6, 6.07) is 43.7. The highest BCUT2D eigenvalue weighted by atomic mass is 32.1. The quantitative estimate of drug-likeness (QED) is 0.217. The summed E-state index contributed by atoms with van der Waals surface area (Å²) < 4.78 is 9.03. The Hall–Kier alpha value is -5.39. The van der Waals surface area contributed by atoms with E-state index in [2.05, 4.69) is 66.7 Å². The number of benzene rings is 6. The number of hydrogen-bond donors (Lipinski definition) is 0. The lowest BCUT2D eigenvalue weighted by Gasteiger charge is -2.17. The van der Waals surface area contributed by atoms with Crippen molar-refractivity contribution in [2.45, 2.75) is 0 Å². The number of rotatable bonds is 4. The summed E-state index contributed by atoms with van der Waals surface area (Å²) in [4.78, 5) is 14.7. The molecular formula is C37H21N3OS. The highest BCUT2D eigenvalue weighted by Gasteiger charge is 2.22. The minimum absolute atomic E-state index is 0.640. The molecule has 4 nitrogen and oxygen atoms in total. The number of ether oxygens (including phenoxy) is 1. The molecule has 0 atom stereocenters. The summed E-state index contributed by atoms with van der Waals surface area (Å²) in [7, 11) is 0. The normalized spacial score (nSPS) is 12.0. The zero-order valence-electron chi connectivity index (χ0n) is 22.3. The van der Waals surface area contributed by atoms with Gasteiger partial charge in [0.25, 0.3) is 0 Å². The molecule has 1 aliphatic rings. The van der Waals surface area contributed by atoms with E-state index < -0.39 is 0 Å². The van der Waals surface area contributed by atoms with Crippen LogP contribution in [0.25, 0.3) is 76.2 Å². The van der Waals surface area contributed by atoms with Crippen LogP contribution in [0.2, 0.25) is 0 Å². The van der Waals surface area contributed by atoms with Gasteiger partial charge in [-0.25, -0.2) is 15.0 Å². The molecule has 196 valence electrons. The van der Waals surface area contributed by atoms with Crippen molar-refractivity contribution in [3.63, 3.8) is 0 Å². The third-order valence-electron chi connectivity index (χ3n) is 7.88. The van der Waals surface area contributed by atoms with Gasteiger partial charge in [0.2, 0.25) is 0 Å². The van der Waals surface area contributed by atoms with Gasteiger partial charge < -0.3 is 4.74 Å². The number of aromatic nitrogens is 3. The topological polar surface area (TPSA) is 47.9 Å². The molecule has 0 amide bonds. The Morgan fingerprint density at radius 2 is 1.05 bits per heavy atom. The van der Waals surface area contributed by atoms with Gasteiger partial charge in [-0.15, -0.1) is 11.3 Å². The molecule has 0 aliphatic carbocycles. The average molecular weight is 556 g/mol. The van der Waals surface area contributed by atoms with Gasteiger partial charge in [-0.2, -0.15) is 0 Å². The highest BCUT2D eigenvalue weighted by molar-refractivity contribution is 7.26. The molecule has 0 saturated carbocycles.